The van der Waals surface area contributed by atoms with Gasteiger partial charge in [-0.25, -0.2) is 18.6 Å². The van der Waals surface area contributed by atoms with Crippen molar-refractivity contribution in [3.63, 3.8) is 0 Å². The van der Waals surface area contributed by atoms with Crippen molar-refractivity contribution in [1.82, 2.24) is 14.5 Å². The van der Waals surface area contributed by atoms with Gasteiger partial charge in [0.1, 0.15) is 34.2 Å². The summed E-state index contributed by atoms with van der Waals surface area (Å²) in [5, 5.41) is 3.08. The highest BCUT2D eigenvalue weighted by Crippen LogP contribution is 2.29. The standard InChI is InChI=1S/C22H18F2N4O2S/c1-3-13-4-6-14(7-5-13)19-20-21(31-12(2)25-20)28(22(30)27-19)11-18(29)26-17-9-8-15(23)10-16(17)24/h4-10H,3,11H2,1-2H3,(H,26,29). The predicted molar refractivity (Wildman–Crippen MR) is 116 cm³/mol. The van der Waals surface area contributed by atoms with E-state index in [1.165, 1.54) is 15.9 Å². The summed E-state index contributed by atoms with van der Waals surface area (Å²) in [6, 6.07) is 10.6. The molecule has 1 amide bonds. The summed E-state index contributed by atoms with van der Waals surface area (Å²) in [5.74, 6) is -2.29. The number of halogens is 2. The Morgan fingerprint density at radius 2 is 1.87 bits per heavy atom. The zero-order valence-electron chi connectivity index (χ0n) is 16.8. The van der Waals surface area contributed by atoms with Crippen LogP contribution in [0.25, 0.3) is 21.6 Å². The number of nitrogens with one attached hydrogen (secondary N) is 1. The predicted octanol–water partition coefficient (Wildman–Crippen LogP) is 4.31. The van der Waals surface area contributed by atoms with E-state index in [0.717, 1.165) is 29.7 Å². The number of rotatable bonds is 5. The van der Waals surface area contributed by atoms with Crippen LogP contribution < -0.4 is 11.0 Å². The van der Waals surface area contributed by atoms with Crippen molar-refractivity contribution in [1.29, 1.82) is 0 Å². The van der Waals surface area contributed by atoms with Crippen LogP contribution in [0.4, 0.5) is 14.5 Å². The number of amides is 1. The van der Waals surface area contributed by atoms with Crippen molar-refractivity contribution in [3.05, 3.63) is 75.2 Å². The minimum Gasteiger partial charge on any atom is -0.322 e. The number of nitrogens with zero attached hydrogens (tertiary/aromatic N) is 3. The number of aromatic nitrogens is 3. The van der Waals surface area contributed by atoms with E-state index in [9.17, 15) is 18.4 Å². The molecular formula is C22H18F2N4O2S. The maximum absolute atomic E-state index is 13.8. The molecule has 0 fully saturated rings. The molecule has 2 heterocycles. The number of thiazole rings is 1. The number of aryl methyl sites for hydroxylation is 2. The zero-order valence-corrected chi connectivity index (χ0v) is 17.6. The monoisotopic (exact) mass is 440 g/mol. The highest BCUT2D eigenvalue weighted by Gasteiger charge is 2.18. The molecule has 0 bridgehead atoms. The molecule has 9 heteroatoms. The van der Waals surface area contributed by atoms with E-state index in [1.54, 1.807) is 6.92 Å². The first-order valence-corrected chi connectivity index (χ1v) is 10.4. The lowest BCUT2D eigenvalue weighted by atomic mass is 10.1. The first kappa shape index (κ1) is 20.8. The van der Waals surface area contributed by atoms with Crippen molar-refractivity contribution < 1.29 is 13.6 Å². The summed E-state index contributed by atoms with van der Waals surface area (Å²) in [5.41, 5.74) is 2.11. The molecule has 0 radical (unpaired) electrons. The molecular weight excluding hydrogens is 422 g/mol. The van der Waals surface area contributed by atoms with E-state index >= 15 is 0 Å². The van der Waals surface area contributed by atoms with E-state index in [4.69, 9.17) is 0 Å². The van der Waals surface area contributed by atoms with Gasteiger partial charge in [-0.15, -0.1) is 11.3 Å². The van der Waals surface area contributed by atoms with Crippen LogP contribution in [0.15, 0.2) is 47.3 Å². The maximum Gasteiger partial charge on any atom is 0.349 e. The van der Waals surface area contributed by atoms with E-state index < -0.39 is 23.2 Å². The third-order valence-corrected chi connectivity index (χ3v) is 5.76. The van der Waals surface area contributed by atoms with Crippen LogP contribution in [0.3, 0.4) is 0 Å². The molecule has 0 aliphatic heterocycles. The summed E-state index contributed by atoms with van der Waals surface area (Å²) < 4.78 is 28.1. The van der Waals surface area contributed by atoms with Gasteiger partial charge in [0.2, 0.25) is 5.91 Å². The molecule has 158 valence electrons. The van der Waals surface area contributed by atoms with Crippen molar-refractivity contribution in [2.75, 3.05) is 5.32 Å². The Hall–Kier alpha value is -3.46. The smallest absolute Gasteiger partial charge is 0.322 e. The summed E-state index contributed by atoms with van der Waals surface area (Å²) in [7, 11) is 0. The summed E-state index contributed by atoms with van der Waals surface area (Å²) >= 11 is 1.27. The molecule has 1 N–H and O–H groups in total. The van der Waals surface area contributed by atoms with Crippen LogP contribution in [0.5, 0.6) is 0 Å². The number of hydrogen-bond acceptors (Lipinski definition) is 5. The van der Waals surface area contributed by atoms with Crippen LogP contribution >= 0.6 is 11.3 Å². The number of carbonyl (C=O) groups is 1. The molecule has 6 nitrogen and oxygen atoms in total. The second-order valence-corrected chi connectivity index (χ2v) is 8.12. The van der Waals surface area contributed by atoms with Crippen molar-refractivity contribution >= 4 is 33.3 Å². The van der Waals surface area contributed by atoms with Crippen LogP contribution in [-0.4, -0.2) is 20.4 Å². The summed E-state index contributed by atoms with van der Waals surface area (Å²) in [6.07, 6.45) is 0.893. The average molecular weight is 440 g/mol. The van der Waals surface area contributed by atoms with E-state index in [-0.39, 0.29) is 12.2 Å². The largest absolute Gasteiger partial charge is 0.349 e. The topological polar surface area (TPSA) is 76.9 Å². The van der Waals surface area contributed by atoms with Gasteiger partial charge in [-0.3, -0.25) is 9.36 Å². The van der Waals surface area contributed by atoms with Gasteiger partial charge < -0.3 is 5.32 Å². The minimum atomic E-state index is -0.900. The van der Waals surface area contributed by atoms with Crippen LogP contribution in [0, 0.1) is 18.6 Å². The normalized spacial score (nSPS) is 11.1. The second kappa shape index (κ2) is 8.35. The van der Waals surface area contributed by atoms with Crippen LogP contribution in [0.1, 0.15) is 17.5 Å². The molecule has 0 spiro atoms. The van der Waals surface area contributed by atoms with Gasteiger partial charge >= 0.3 is 5.69 Å². The fourth-order valence-corrected chi connectivity index (χ4v) is 4.12. The molecule has 0 aliphatic carbocycles. The molecule has 4 aromatic rings. The molecule has 0 atom stereocenters. The number of anilines is 1. The fraction of sp³-hybridized carbons (Fsp3) is 0.182. The Morgan fingerprint density at radius 3 is 2.55 bits per heavy atom. The van der Waals surface area contributed by atoms with Gasteiger partial charge in [0.05, 0.1) is 10.7 Å². The Labute approximate surface area is 180 Å². The Bertz CT molecular complexity index is 1350. The molecule has 0 aliphatic rings. The Kier molecular flexibility index (Phi) is 5.60. The van der Waals surface area contributed by atoms with Gasteiger partial charge in [-0.1, -0.05) is 31.2 Å². The van der Waals surface area contributed by atoms with Crippen LogP contribution in [0.2, 0.25) is 0 Å². The lowest BCUT2D eigenvalue weighted by Crippen LogP contribution is -2.29. The molecule has 0 saturated heterocycles. The number of hydrogen-bond donors (Lipinski definition) is 1. The molecule has 4 rings (SSSR count). The number of fused-ring (bicyclic) bond motifs is 1. The van der Waals surface area contributed by atoms with Gasteiger partial charge in [0, 0.05) is 11.6 Å². The Morgan fingerprint density at radius 1 is 1.13 bits per heavy atom. The third-order valence-electron chi connectivity index (χ3n) is 4.77. The number of benzene rings is 2. The minimum absolute atomic E-state index is 0.170. The molecule has 0 unspecified atom stereocenters. The lowest BCUT2D eigenvalue weighted by Gasteiger charge is -2.10. The van der Waals surface area contributed by atoms with Crippen molar-refractivity contribution in [3.8, 4) is 11.3 Å². The highest BCUT2D eigenvalue weighted by molar-refractivity contribution is 7.18. The van der Waals surface area contributed by atoms with Gasteiger partial charge in [0.25, 0.3) is 0 Å². The van der Waals surface area contributed by atoms with E-state index in [0.29, 0.717) is 27.1 Å². The molecule has 31 heavy (non-hydrogen) atoms. The first-order chi connectivity index (χ1) is 14.9. The lowest BCUT2D eigenvalue weighted by molar-refractivity contribution is -0.116. The first-order valence-electron chi connectivity index (χ1n) is 9.58. The Balaban J connectivity index is 1.71. The van der Waals surface area contributed by atoms with E-state index in [1.807, 2.05) is 24.3 Å². The summed E-state index contributed by atoms with van der Waals surface area (Å²) in [6.45, 7) is 3.48. The average Bonchev–Trinajstić information content (AvgIpc) is 3.13. The van der Waals surface area contributed by atoms with Crippen LogP contribution in [-0.2, 0) is 17.8 Å². The fourth-order valence-electron chi connectivity index (χ4n) is 3.21. The van der Waals surface area contributed by atoms with Crippen molar-refractivity contribution in [2.45, 2.75) is 26.8 Å². The second-order valence-electron chi connectivity index (χ2n) is 6.94. The SMILES string of the molecule is CCc1ccc(-c2nc(=O)n(CC(=O)Nc3ccc(F)cc3F)c3sc(C)nc23)cc1. The quantitative estimate of drug-likeness (QED) is 0.502. The van der Waals surface area contributed by atoms with Gasteiger partial charge in [-0.05, 0) is 31.0 Å². The molecule has 0 saturated carbocycles. The van der Waals surface area contributed by atoms with E-state index in [2.05, 4.69) is 22.2 Å². The zero-order chi connectivity index (χ0) is 22.1. The molecule has 2 aromatic heterocycles. The highest BCUT2D eigenvalue weighted by atomic mass is 32.1. The molecule has 2 aromatic carbocycles. The van der Waals surface area contributed by atoms with Gasteiger partial charge in [-0.2, -0.15) is 4.98 Å². The summed E-state index contributed by atoms with van der Waals surface area (Å²) in [4.78, 5) is 34.4. The maximum atomic E-state index is 13.8. The third kappa shape index (κ3) is 4.22. The number of carbonyl (C=O) groups excluding carboxylic acids is 1. The van der Waals surface area contributed by atoms with Gasteiger partial charge in [0.15, 0.2) is 0 Å². The van der Waals surface area contributed by atoms with Crippen molar-refractivity contribution in [2.24, 2.45) is 0 Å².